The van der Waals surface area contributed by atoms with Gasteiger partial charge in [0.25, 0.3) is 0 Å². The molecular formula is C22H33N3O3. The highest BCUT2D eigenvalue weighted by molar-refractivity contribution is 5.81. The number of likely N-dealkylation sites (tertiary alicyclic amines) is 1. The fourth-order valence-corrected chi connectivity index (χ4v) is 4.50. The fourth-order valence-electron chi connectivity index (χ4n) is 4.50. The predicted octanol–water partition coefficient (Wildman–Crippen LogP) is 2.57. The smallest absolute Gasteiger partial charge is 0.231 e. The van der Waals surface area contributed by atoms with Crippen LogP contribution in [0.5, 0.6) is 11.5 Å². The van der Waals surface area contributed by atoms with Crippen LogP contribution in [0.25, 0.3) is 0 Å². The quantitative estimate of drug-likeness (QED) is 0.798. The number of hydrogen-bond donors (Lipinski definition) is 0. The normalized spacial score (nSPS) is 23.8. The molecule has 28 heavy (non-hydrogen) atoms. The zero-order chi connectivity index (χ0) is 19.7. The van der Waals surface area contributed by atoms with Crippen molar-refractivity contribution in [3.63, 3.8) is 0 Å². The van der Waals surface area contributed by atoms with E-state index in [9.17, 15) is 4.79 Å². The molecule has 1 atom stereocenters. The summed E-state index contributed by atoms with van der Waals surface area (Å²) in [5.74, 6) is 2.00. The lowest BCUT2D eigenvalue weighted by Crippen LogP contribution is -2.56. The Morgan fingerprint density at radius 2 is 1.82 bits per heavy atom. The summed E-state index contributed by atoms with van der Waals surface area (Å²) < 4.78 is 10.9. The highest BCUT2D eigenvalue weighted by atomic mass is 16.7. The number of piperazine rings is 1. The first-order chi connectivity index (χ1) is 13.4. The Morgan fingerprint density at radius 3 is 2.57 bits per heavy atom. The second kappa shape index (κ2) is 7.91. The number of carbonyl (C=O) groups is 1. The SMILES string of the molecule is CC(C)(C)C(=O)N1CCCC(N2CCN(Cc3ccc4c(c3)OCO4)CC2)C1. The van der Waals surface area contributed by atoms with Gasteiger partial charge >= 0.3 is 0 Å². The molecule has 1 aromatic carbocycles. The van der Waals surface area contributed by atoms with Gasteiger partial charge in [0.15, 0.2) is 11.5 Å². The zero-order valence-electron chi connectivity index (χ0n) is 17.4. The maximum Gasteiger partial charge on any atom is 0.231 e. The van der Waals surface area contributed by atoms with Crippen molar-refractivity contribution in [1.82, 2.24) is 14.7 Å². The Hall–Kier alpha value is -1.79. The summed E-state index contributed by atoms with van der Waals surface area (Å²) in [4.78, 5) is 19.9. The predicted molar refractivity (Wildman–Crippen MR) is 108 cm³/mol. The average molecular weight is 388 g/mol. The largest absolute Gasteiger partial charge is 0.454 e. The lowest BCUT2D eigenvalue weighted by atomic mass is 9.92. The molecule has 3 aliphatic rings. The van der Waals surface area contributed by atoms with E-state index in [1.807, 2.05) is 26.8 Å². The molecule has 0 N–H and O–H groups in total. The van der Waals surface area contributed by atoms with Crippen molar-refractivity contribution in [3.05, 3.63) is 23.8 Å². The van der Waals surface area contributed by atoms with E-state index in [1.54, 1.807) is 0 Å². The molecule has 0 aliphatic carbocycles. The van der Waals surface area contributed by atoms with Gasteiger partial charge in [0, 0.05) is 57.3 Å². The third-order valence-corrected chi connectivity index (χ3v) is 6.09. The van der Waals surface area contributed by atoms with Crippen LogP contribution in [0.4, 0.5) is 0 Å². The minimum Gasteiger partial charge on any atom is -0.454 e. The number of rotatable bonds is 3. The lowest BCUT2D eigenvalue weighted by molar-refractivity contribution is -0.141. The number of ether oxygens (including phenoxy) is 2. The molecule has 0 spiro atoms. The van der Waals surface area contributed by atoms with Gasteiger partial charge in [0.2, 0.25) is 12.7 Å². The van der Waals surface area contributed by atoms with Crippen LogP contribution in [0, 0.1) is 5.41 Å². The van der Waals surface area contributed by atoms with Crippen molar-refractivity contribution < 1.29 is 14.3 Å². The second-order valence-electron chi connectivity index (χ2n) is 9.30. The minimum absolute atomic E-state index is 0.287. The van der Waals surface area contributed by atoms with Gasteiger partial charge in [-0.25, -0.2) is 0 Å². The topological polar surface area (TPSA) is 45.3 Å². The van der Waals surface area contributed by atoms with Gasteiger partial charge in [-0.15, -0.1) is 0 Å². The first-order valence-corrected chi connectivity index (χ1v) is 10.5. The van der Waals surface area contributed by atoms with Gasteiger partial charge in [-0.05, 0) is 30.5 Å². The van der Waals surface area contributed by atoms with Crippen LogP contribution in [0.2, 0.25) is 0 Å². The summed E-state index contributed by atoms with van der Waals surface area (Å²) in [6.07, 6.45) is 2.32. The van der Waals surface area contributed by atoms with Crippen molar-refractivity contribution in [3.8, 4) is 11.5 Å². The molecule has 154 valence electrons. The van der Waals surface area contributed by atoms with Gasteiger partial charge in [0.05, 0.1) is 0 Å². The molecule has 3 aliphatic heterocycles. The number of hydrogen-bond acceptors (Lipinski definition) is 5. The number of benzene rings is 1. The van der Waals surface area contributed by atoms with E-state index in [-0.39, 0.29) is 5.41 Å². The fraction of sp³-hybridized carbons (Fsp3) is 0.682. The van der Waals surface area contributed by atoms with E-state index in [2.05, 4.69) is 26.8 Å². The van der Waals surface area contributed by atoms with E-state index in [0.717, 1.165) is 63.7 Å². The lowest BCUT2D eigenvalue weighted by Gasteiger charge is -2.44. The van der Waals surface area contributed by atoms with Gasteiger partial charge in [0.1, 0.15) is 0 Å². The molecule has 0 aromatic heterocycles. The van der Waals surface area contributed by atoms with E-state index in [0.29, 0.717) is 18.7 Å². The molecule has 1 unspecified atom stereocenters. The Morgan fingerprint density at radius 1 is 1.07 bits per heavy atom. The van der Waals surface area contributed by atoms with Crippen LogP contribution < -0.4 is 9.47 Å². The summed E-state index contributed by atoms with van der Waals surface area (Å²) in [5.41, 5.74) is 0.989. The molecule has 1 amide bonds. The van der Waals surface area contributed by atoms with E-state index >= 15 is 0 Å². The number of nitrogens with zero attached hydrogens (tertiary/aromatic N) is 3. The summed E-state index contributed by atoms with van der Waals surface area (Å²) >= 11 is 0. The van der Waals surface area contributed by atoms with E-state index in [4.69, 9.17) is 9.47 Å². The van der Waals surface area contributed by atoms with Crippen molar-refractivity contribution in [2.24, 2.45) is 5.41 Å². The molecule has 4 rings (SSSR count). The summed E-state index contributed by atoms with van der Waals surface area (Å²) in [6.45, 7) is 13.4. The summed E-state index contributed by atoms with van der Waals surface area (Å²) in [6, 6.07) is 6.76. The Bertz CT molecular complexity index is 707. The van der Waals surface area contributed by atoms with Crippen molar-refractivity contribution in [1.29, 1.82) is 0 Å². The molecule has 0 bridgehead atoms. The third-order valence-electron chi connectivity index (χ3n) is 6.09. The van der Waals surface area contributed by atoms with Crippen LogP contribution in [0.3, 0.4) is 0 Å². The molecule has 0 saturated carbocycles. The molecule has 6 nitrogen and oxygen atoms in total. The van der Waals surface area contributed by atoms with Crippen LogP contribution >= 0.6 is 0 Å². The van der Waals surface area contributed by atoms with E-state index in [1.165, 1.54) is 12.0 Å². The minimum atomic E-state index is -0.287. The van der Waals surface area contributed by atoms with Crippen molar-refractivity contribution >= 4 is 5.91 Å². The Labute approximate surface area is 168 Å². The van der Waals surface area contributed by atoms with Crippen molar-refractivity contribution in [2.45, 2.75) is 46.2 Å². The first-order valence-electron chi connectivity index (χ1n) is 10.5. The van der Waals surface area contributed by atoms with Crippen LogP contribution in [0.1, 0.15) is 39.2 Å². The van der Waals surface area contributed by atoms with Crippen LogP contribution in [-0.2, 0) is 11.3 Å². The van der Waals surface area contributed by atoms with Crippen molar-refractivity contribution in [2.75, 3.05) is 46.1 Å². The number of piperidine rings is 1. The number of fused-ring (bicyclic) bond motifs is 1. The van der Waals surface area contributed by atoms with Crippen LogP contribution in [0.15, 0.2) is 18.2 Å². The Balaban J connectivity index is 1.28. The third kappa shape index (κ3) is 4.28. The number of amides is 1. The molecule has 1 aromatic rings. The van der Waals surface area contributed by atoms with Gasteiger partial charge in [-0.1, -0.05) is 26.8 Å². The monoisotopic (exact) mass is 387 g/mol. The molecule has 2 saturated heterocycles. The Kier molecular flexibility index (Phi) is 5.52. The zero-order valence-corrected chi connectivity index (χ0v) is 17.4. The molecule has 2 fully saturated rings. The van der Waals surface area contributed by atoms with Gasteiger partial charge in [-0.2, -0.15) is 0 Å². The van der Waals surface area contributed by atoms with Gasteiger partial charge in [-0.3, -0.25) is 14.6 Å². The molecule has 3 heterocycles. The highest BCUT2D eigenvalue weighted by Gasteiger charge is 2.33. The van der Waals surface area contributed by atoms with Crippen LogP contribution in [-0.4, -0.2) is 72.7 Å². The molecule has 6 heteroatoms. The standard InChI is InChI=1S/C22H33N3O3/c1-22(2,3)21(26)25-8-4-5-18(15-25)24-11-9-23(10-12-24)14-17-6-7-19-20(13-17)28-16-27-19/h6-7,13,18H,4-5,8-12,14-16H2,1-3H3. The van der Waals surface area contributed by atoms with E-state index < -0.39 is 0 Å². The second-order valence-corrected chi connectivity index (χ2v) is 9.30. The average Bonchev–Trinajstić information content (AvgIpc) is 3.15. The molecule has 0 radical (unpaired) electrons. The number of carbonyl (C=O) groups excluding carboxylic acids is 1. The summed E-state index contributed by atoms with van der Waals surface area (Å²) in [7, 11) is 0. The highest BCUT2D eigenvalue weighted by Crippen LogP contribution is 2.33. The first kappa shape index (κ1) is 19.5. The van der Waals surface area contributed by atoms with Gasteiger partial charge < -0.3 is 14.4 Å². The maximum absolute atomic E-state index is 12.7. The molecular weight excluding hydrogens is 354 g/mol. The maximum atomic E-state index is 12.7. The summed E-state index contributed by atoms with van der Waals surface area (Å²) in [5, 5.41) is 0.